The molecule has 0 unspecified atom stereocenters. The van der Waals surface area contributed by atoms with E-state index < -0.39 is 8.07 Å². The zero-order valence-electron chi connectivity index (χ0n) is 13.2. The molecule has 2 aromatic rings. The van der Waals surface area contributed by atoms with Crippen LogP contribution in [0.1, 0.15) is 16.7 Å². The Morgan fingerprint density at radius 3 is 2.15 bits per heavy atom. The van der Waals surface area contributed by atoms with Crippen LogP contribution >= 0.6 is 0 Å². The van der Waals surface area contributed by atoms with Gasteiger partial charge >= 0.3 is 0 Å². The molecule has 0 aliphatic heterocycles. The monoisotopic (exact) mass is 283 g/mol. The minimum absolute atomic E-state index is 0.885. The molecule has 0 amide bonds. The first-order valence-electron chi connectivity index (χ1n) is 7.27. The van der Waals surface area contributed by atoms with Crippen molar-refractivity contribution < 1.29 is 0 Å². The van der Waals surface area contributed by atoms with Crippen molar-refractivity contribution in [2.45, 2.75) is 40.0 Å². The first-order chi connectivity index (χ1) is 9.36. The highest BCUT2D eigenvalue weighted by Crippen LogP contribution is 2.17. The second kappa shape index (κ2) is 5.84. The molecule has 0 bridgehead atoms. The largest absolute Gasteiger partial charge is 0.381 e. The number of aryl methyl sites for hydroxylation is 2. The molecule has 2 aromatic carbocycles. The lowest BCUT2D eigenvalue weighted by atomic mass is 10.1. The minimum Gasteiger partial charge on any atom is -0.381 e. The van der Waals surface area contributed by atoms with Gasteiger partial charge in [0.25, 0.3) is 0 Å². The van der Waals surface area contributed by atoms with E-state index in [-0.39, 0.29) is 0 Å². The van der Waals surface area contributed by atoms with Crippen LogP contribution in [0.25, 0.3) is 0 Å². The van der Waals surface area contributed by atoms with E-state index in [0.29, 0.717) is 0 Å². The van der Waals surface area contributed by atoms with E-state index in [4.69, 9.17) is 0 Å². The number of anilines is 1. The summed E-state index contributed by atoms with van der Waals surface area (Å²) in [5.74, 6) is 0. The van der Waals surface area contributed by atoms with Crippen LogP contribution in [0.4, 0.5) is 5.69 Å². The van der Waals surface area contributed by atoms with Gasteiger partial charge in [0.15, 0.2) is 0 Å². The molecule has 0 fully saturated rings. The van der Waals surface area contributed by atoms with Gasteiger partial charge in [-0.15, -0.1) is 0 Å². The van der Waals surface area contributed by atoms with Gasteiger partial charge in [0.2, 0.25) is 0 Å². The predicted octanol–water partition coefficient (Wildman–Crippen LogP) is 4.46. The fourth-order valence-electron chi connectivity index (χ4n) is 2.25. The van der Waals surface area contributed by atoms with Gasteiger partial charge in [0.05, 0.1) is 8.07 Å². The van der Waals surface area contributed by atoms with Crippen LogP contribution in [0, 0.1) is 13.8 Å². The van der Waals surface area contributed by atoms with Gasteiger partial charge in [0.1, 0.15) is 0 Å². The van der Waals surface area contributed by atoms with Crippen molar-refractivity contribution in [1.82, 2.24) is 0 Å². The Kier molecular flexibility index (Phi) is 4.34. The summed E-state index contributed by atoms with van der Waals surface area (Å²) in [6.45, 7) is 12.3. The third kappa shape index (κ3) is 3.73. The van der Waals surface area contributed by atoms with Gasteiger partial charge in [-0.3, -0.25) is 0 Å². The molecule has 0 atom stereocenters. The van der Waals surface area contributed by atoms with Crippen LogP contribution in [0.3, 0.4) is 0 Å². The molecule has 2 heteroatoms. The van der Waals surface area contributed by atoms with Crippen LogP contribution in [-0.4, -0.2) is 8.07 Å². The van der Waals surface area contributed by atoms with Crippen molar-refractivity contribution in [3.63, 3.8) is 0 Å². The third-order valence-electron chi connectivity index (χ3n) is 3.70. The first kappa shape index (κ1) is 14.9. The Hall–Kier alpha value is -1.54. The third-order valence-corrected chi connectivity index (χ3v) is 5.76. The fraction of sp³-hybridized carbons (Fsp3) is 0.333. The van der Waals surface area contributed by atoms with Gasteiger partial charge in [-0.05, 0) is 36.6 Å². The number of rotatable bonds is 4. The molecular formula is C18H25NSi. The van der Waals surface area contributed by atoms with Crippen molar-refractivity contribution in [3.8, 4) is 0 Å². The van der Waals surface area contributed by atoms with E-state index in [1.807, 2.05) is 0 Å². The summed E-state index contributed by atoms with van der Waals surface area (Å²) in [6.07, 6.45) is 0. The summed E-state index contributed by atoms with van der Waals surface area (Å²) in [7, 11) is -1.18. The minimum atomic E-state index is -1.18. The van der Waals surface area contributed by atoms with Crippen molar-refractivity contribution in [1.29, 1.82) is 0 Å². The Labute approximate surface area is 124 Å². The SMILES string of the molecule is Cc1ccc(C)c(NCc2ccc([Si](C)(C)C)cc2)c1. The van der Waals surface area contributed by atoms with Gasteiger partial charge < -0.3 is 5.32 Å². The van der Waals surface area contributed by atoms with E-state index in [2.05, 4.69) is 81.3 Å². The highest BCUT2D eigenvalue weighted by Gasteiger charge is 2.15. The lowest BCUT2D eigenvalue weighted by molar-refractivity contribution is 1.14. The molecule has 0 radical (unpaired) electrons. The van der Waals surface area contributed by atoms with Crippen LogP contribution in [0.2, 0.25) is 19.6 Å². The van der Waals surface area contributed by atoms with E-state index in [1.165, 1.54) is 27.6 Å². The lowest BCUT2D eigenvalue weighted by Crippen LogP contribution is -2.37. The summed E-state index contributed by atoms with van der Waals surface area (Å²) >= 11 is 0. The molecule has 1 N–H and O–H groups in total. The molecule has 0 aromatic heterocycles. The van der Waals surface area contributed by atoms with Crippen molar-refractivity contribution in [2.24, 2.45) is 0 Å². The molecule has 0 aliphatic rings. The quantitative estimate of drug-likeness (QED) is 0.817. The second-order valence-electron chi connectivity index (χ2n) is 6.62. The Bertz CT molecular complexity index is 579. The summed E-state index contributed by atoms with van der Waals surface area (Å²) in [5, 5.41) is 5.06. The Morgan fingerprint density at radius 1 is 0.900 bits per heavy atom. The molecular weight excluding hydrogens is 258 g/mol. The van der Waals surface area contributed by atoms with Gasteiger partial charge in [-0.25, -0.2) is 0 Å². The molecule has 2 rings (SSSR count). The van der Waals surface area contributed by atoms with E-state index in [1.54, 1.807) is 0 Å². The van der Waals surface area contributed by atoms with Gasteiger partial charge in [-0.1, -0.05) is 61.2 Å². The summed E-state index contributed by atoms with van der Waals surface area (Å²) in [4.78, 5) is 0. The number of benzene rings is 2. The molecule has 20 heavy (non-hydrogen) atoms. The molecule has 0 saturated carbocycles. The van der Waals surface area contributed by atoms with Crippen LogP contribution < -0.4 is 10.5 Å². The molecule has 106 valence electrons. The molecule has 1 nitrogen and oxygen atoms in total. The van der Waals surface area contributed by atoms with Crippen molar-refractivity contribution in [3.05, 3.63) is 59.2 Å². The maximum atomic E-state index is 3.54. The zero-order chi connectivity index (χ0) is 14.8. The summed E-state index contributed by atoms with van der Waals surface area (Å²) in [5.41, 5.74) is 5.17. The van der Waals surface area contributed by atoms with Gasteiger partial charge in [-0.2, -0.15) is 0 Å². The number of nitrogens with one attached hydrogen (secondary N) is 1. The molecule has 0 saturated heterocycles. The van der Waals surface area contributed by atoms with E-state index in [0.717, 1.165) is 6.54 Å². The van der Waals surface area contributed by atoms with Crippen LogP contribution in [-0.2, 0) is 6.54 Å². The van der Waals surface area contributed by atoms with Gasteiger partial charge in [0, 0.05) is 12.2 Å². The highest BCUT2D eigenvalue weighted by atomic mass is 28.3. The smallest absolute Gasteiger partial charge is 0.0775 e. The zero-order valence-corrected chi connectivity index (χ0v) is 14.2. The topological polar surface area (TPSA) is 12.0 Å². The van der Waals surface area contributed by atoms with E-state index >= 15 is 0 Å². The molecule has 0 aliphatic carbocycles. The maximum absolute atomic E-state index is 3.54. The summed E-state index contributed by atoms with van der Waals surface area (Å²) in [6, 6.07) is 15.6. The normalized spacial score (nSPS) is 11.4. The highest BCUT2D eigenvalue weighted by molar-refractivity contribution is 6.88. The average Bonchev–Trinajstić information content (AvgIpc) is 2.39. The number of hydrogen-bond acceptors (Lipinski definition) is 1. The van der Waals surface area contributed by atoms with Crippen LogP contribution in [0.5, 0.6) is 0 Å². The standard InChI is InChI=1S/C18H25NSi/c1-14-6-7-15(2)18(12-14)19-13-16-8-10-17(11-9-16)20(3,4)5/h6-12,19H,13H2,1-5H3. The van der Waals surface area contributed by atoms with Crippen molar-refractivity contribution in [2.75, 3.05) is 5.32 Å². The fourth-order valence-corrected chi connectivity index (χ4v) is 3.41. The summed E-state index contributed by atoms with van der Waals surface area (Å²) < 4.78 is 0. The number of hydrogen-bond donors (Lipinski definition) is 1. The average molecular weight is 283 g/mol. The molecule has 0 spiro atoms. The predicted molar refractivity (Wildman–Crippen MR) is 92.7 cm³/mol. The Morgan fingerprint density at radius 2 is 1.55 bits per heavy atom. The maximum Gasteiger partial charge on any atom is 0.0775 e. The van der Waals surface area contributed by atoms with Crippen molar-refractivity contribution >= 4 is 18.9 Å². The second-order valence-corrected chi connectivity index (χ2v) is 11.7. The van der Waals surface area contributed by atoms with Crippen LogP contribution in [0.15, 0.2) is 42.5 Å². The van der Waals surface area contributed by atoms with E-state index in [9.17, 15) is 0 Å². The lowest BCUT2D eigenvalue weighted by Gasteiger charge is -2.17. The Balaban J connectivity index is 2.06. The molecule has 0 heterocycles. The first-order valence-corrected chi connectivity index (χ1v) is 10.8.